The number of aryl methyl sites for hydroxylation is 3. The summed E-state index contributed by atoms with van der Waals surface area (Å²) in [6.45, 7) is 7.84. The summed E-state index contributed by atoms with van der Waals surface area (Å²) in [5.41, 5.74) is 4.87. The van der Waals surface area contributed by atoms with Gasteiger partial charge in [-0.15, -0.1) is 10.2 Å². The fourth-order valence-corrected chi connectivity index (χ4v) is 3.35. The molecule has 7 heteroatoms. The number of carbonyl (C=O) groups is 1. The van der Waals surface area contributed by atoms with E-state index in [0.717, 1.165) is 22.4 Å². The number of hydrogen-bond acceptors (Lipinski definition) is 6. The molecule has 0 aliphatic rings. The molecule has 26 heavy (non-hydrogen) atoms. The van der Waals surface area contributed by atoms with Crippen LogP contribution in [0.2, 0.25) is 0 Å². The van der Waals surface area contributed by atoms with Crippen molar-refractivity contribution in [3.63, 3.8) is 0 Å². The lowest BCUT2D eigenvalue weighted by molar-refractivity contribution is -0.115. The molecule has 3 aromatic rings. The predicted molar refractivity (Wildman–Crippen MR) is 102 cm³/mol. The van der Waals surface area contributed by atoms with E-state index in [9.17, 15) is 4.79 Å². The number of benzene rings is 1. The number of nitrogens with zero attached hydrogens (tertiary/aromatic N) is 3. The van der Waals surface area contributed by atoms with Gasteiger partial charge in [0, 0.05) is 18.1 Å². The maximum atomic E-state index is 12.6. The van der Waals surface area contributed by atoms with Crippen LogP contribution < -0.4 is 5.32 Å². The summed E-state index contributed by atoms with van der Waals surface area (Å²) < 4.78 is 5.62. The van der Waals surface area contributed by atoms with Crippen molar-refractivity contribution in [1.29, 1.82) is 0 Å². The molecule has 2 aromatic heterocycles. The number of anilines is 1. The molecule has 1 aromatic carbocycles. The highest BCUT2D eigenvalue weighted by Gasteiger charge is 2.20. The molecule has 3 rings (SSSR count). The van der Waals surface area contributed by atoms with E-state index in [1.807, 2.05) is 33.8 Å². The van der Waals surface area contributed by atoms with Gasteiger partial charge in [0.1, 0.15) is 0 Å². The highest BCUT2D eigenvalue weighted by Crippen LogP contribution is 2.28. The van der Waals surface area contributed by atoms with Gasteiger partial charge in [-0.1, -0.05) is 29.5 Å². The van der Waals surface area contributed by atoms with Crippen molar-refractivity contribution in [3.8, 4) is 11.5 Å². The maximum Gasteiger partial charge on any atom is 0.277 e. The average Bonchev–Trinajstić information content (AvgIpc) is 3.07. The standard InChI is InChI=1S/C19H20N4O2S/c1-11-8-12(2)16(13(3)9-11)21-17(24)14(4)26-19-23-22-18(25-19)15-6-5-7-20-10-15/h5-10,14H,1-4H3,(H,21,24)/t14-/m1/s1. The topological polar surface area (TPSA) is 80.9 Å². The Morgan fingerprint density at radius 3 is 2.58 bits per heavy atom. The molecule has 0 aliphatic carbocycles. The lowest BCUT2D eigenvalue weighted by atomic mass is 10.1. The number of aromatic nitrogens is 3. The Hall–Kier alpha value is -2.67. The molecule has 0 saturated heterocycles. The van der Waals surface area contributed by atoms with E-state index >= 15 is 0 Å². The molecule has 0 aliphatic heterocycles. The summed E-state index contributed by atoms with van der Waals surface area (Å²) >= 11 is 1.23. The first-order chi connectivity index (χ1) is 12.4. The Labute approximate surface area is 156 Å². The SMILES string of the molecule is Cc1cc(C)c(NC(=O)[C@@H](C)Sc2nnc(-c3cccnc3)o2)c(C)c1. The summed E-state index contributed by atoms with van der Waals surface area (Å²) in [5.74, 6) is 0.282. The third-order valence-electron chi connectivity index (χ3n) is 3.89. The number of carbonyl (C=O) groups excluding carboxylic acids is 1. The first kappa shape index (κ1) is 18.1. The lowest BCUT2D eigenvalue weighted by Crippen LogP contribution is -2.23. The number of hydrogen-bond donors (Lipinski definition) is 1. The van der Waals surface area contributed by atoms with Gasteiger partial charge < -0.3 is 9.73 Å². The molecule has 134 valence electrons. The van der Waals surface area contributed by atoms with Crippen LogP contribution in [0.3, 0.4) is 0 Å². The fraction of sp³-hybridized carbons (Fsp3) is 0.263. The van der Waals surface area contributed by atoms with Crippen LogP contribution in [-0.2, 0) is 4.79 Å². The lowest BCUT2D eigenvalue weighted by Gasteiger charge is -2.15. The predicted octanol–water partition coefficient (Wildman–Crippen LogP) is 4.18. The molecule has 0 bridgehead atoms. The van der Waals surface area contributed by atoms with E-state index in [-0.39, 0.29) is 11.2 Å². The van der Waals surface area contributed by atoms with E-state index in [0.29, 0.717) is 11.1 Å². The first-order valence-corrected chi connectivity index (χ1v) is 9.11. The van der Waals surface area contributed by atoms with Crippen LogP contribution in [0.15, 0.2) is 46.3 Å². The summed E-state index contributed by atoms with van der Waals surface area (Å²) in [4.78, 5) is 16.6. The highest BCUT2D eigenvalue weighted by atomic mass is 32.2. The minimum atomic E-state index is -0.377. The fourth-order valence-electron chi connectivity index (χ4n) is 2.67. The van der Waals surface area contributed by atoms with E-state index in [1.54, 1.807) is 18.5 Å². The monoisotopic (exact) mass is 368 g/mol. The van der Waals surface area contributed by atoms with E-state index in [2.05, 4.69) is 32.6 Å². The van der Waals surface area contributed by atoms with Gasteiger partial charge in [-0.2, -0.15) is 0 Å². The summed E-state index contributed by atoms with van der Waals surface area (Å²) in [5, 5.41) is 11.0. The molecule has 1 N–H and O–H groups in total. The molecule has 1 atom stereocenters. The molecule has 1 amide bonds. The quantitative estimate of drug-likeness (QED) is 0.681. The third-order valence-corrected chi connectivity index (χ3v) is 4.82. The van der Waals surface area contributed by atoms with E-state index in [4.69, 9.17) is 4.42 Å². The second-order valence-corrected chi connectivity index (χ2v) is 7.43. The van der Waals surface area contributed by atoms with Crippen LogP contribution in [0.1, 0.15) is 23.6 Å². The van der Waals surface area contributed by atoms with Crippen LogP contribution in [-0.4, -0.2) is 26.3 Å². The minimum Gasteiger partial charge on any atom is -0.411 e. The number of pyridine rings is 1. The zero-order valence-corrected chi connectivity index (χ0v) is 15.9. The Bertz CT molecular complexity index is 901. The van der Waals surface area contributed by atoms with E-state index < -0.39 is 0 Å². The van der Waals surface area contributed by atoms with Crippen LogP contribution >= 0.6 is 11.8 Å². The van der Waals surface area contributed by atoms with Crippen LogP contribution in [0.25, 0.3) is 11.5 Å². The Kier molecular flexibility index (Phi) is 5.37. The zero-order chi connectivity index (χ0) is 18.7. The van der Waals surface area contributed by atoms with Crippen molar-refractivity contribution in [1.82, 2.24) is 15.2 Å². The van der Waals surface area contributed by atoms with Gasteiger partial charge >= 0.3 is 0 Å². The Balaban J connectivity index is 1.68. The van der Waals surface area contributed by atoms with Crippen molar-refractivity contribution in [2.24, 2.45) is 0 Å². The van der Waals surface area contributed by atoms with Crippen molar-refractivity contribution < 1.29 is 9.21 Å². The van der Waals surface area contributed by atoms with Crippen LogP contribution in [0, 0.1) is 20.8 Å². The second kappa shape index (κ2) is 7.70. The van der Waals surface area contributed by atoms with Gasteiger partial charge in [0.05, 0.1) is 10.8 Å². The number of rotatable bonds is 5. The summed E-state index contributed by atoms with van der Waals surface area (Å²) in [6.07, 6.45) is 3.33. The summed E-state index contributed by atoms with van der Waals surface area (Å²) in [6, 6.07) is 7.75. The minimum absolute atomic E-state index is 0.105. The average molecular weight is 368 g/mol. The molecule has 2 heterocycles. The smallest absolute Gasteiger partial charge is 0.277 e. The summed E-state index contributed by atoms with van der Waals surface area (Å²) in [7, 11) is 0. The number of nitrogens with one attached hydrogen (secondary N) is 1. The molecule has 0 spiro atoms. The molecule has 0 unspecified atom stereocenters. The first-order valence-electron chi connectivity index (χ1n) is 8.23. The highest BCUT2D eigenvalue weighted by molar-refractivity contribution is 8.00. The van der Waals surface area contributed by atoms with Crippen LogP contribution in [0.4, 0.5) is 5.69 Å². The van der Waals surface area contributed by atoms with Crippen molar-refractivity contribution in [3.05, 3.63) is 53.3 Å². The second-order valence-electron chi connectivity index (χ2n) is 6.14. The van der Waals surface area contributed by atoms with Gasteiger partial charge in [-0.05, 0) is 51.0 Å². The van der Waals surface area contributed by atoms with Gasteiger partial charge in [0.2, 0.25) is 11.8 Å². The van der Waals surface area contributed by atoms with Gasteiger partial charge in [-0.3, -0.25) is 9.78 Å². The molecular formula is C19H20N4O2S. The number of amides is 1. The molecule has 0 radical (unpaired) electrons. The molecule has 0 fully saturated rings. The largest absolute Gasteiger partial charge is 0.411 e. The van der Waals surface area contributed by atoms with Gasteiger partial charge in [-0.25, -0.2) is 0 Å². The van der Waals surface area contributed by atoms with Crippen molar-refractivity contribution in [2.75, 3.05) is 5.32 Å². The van der Waals surface area contributed by atoms with Crippen molar-refractivity contribution >= 4 is 23.4 Å². The van der Waals surface area contributed by atoms with Gasteiger partial charge in [0.15, 0.2) is 0 Å². The zero-order valence-electron chi connectivity index (χ0n) is 15.1. The molecular weight excluding hydrogens is 348 g/mol. The Morgan fingerprint density at radius 2 is 1.92 bits per heavy atom. The Morgan fingerprint density at radius 1 is 1.19 bits per heavy atom. The van der Waals surface area contributed by atoms with Gasteiger partial charge in [0.25, 0.3) is 5.22 Å². The molecule has 0 saturated carbocycles. The normalized spacial score (nSPS) is 12.0. The van der Waals surface area contributed by atoms with Crippen LogP contribution in [0.5, 0.6) is 0 Å². The van der Waals surface area contributed by atoms with E-state index in [1.165, 1.54) is 17.3 Å². The molecule has 6 nitrogen and oxygen atoms in total. The maximum absolute atomic E-state index is 12.6. The van der Waals surface area contributed by atoms with Crippen molar-refractivity contribution in [2.45, 2.75) is 38.2 Å². The number of thioether (sulfide) groups is 1. The third kappa shape index (κ3) is 4.11.